The molecule has 0 bridgehead atoms. The summed E-state index contributed by atoms with van der Waals surface area (Å²) in [5.74, 6) is 0. The van der Waals surface area contributed by atoms with Crippen molar-refractivity contribution in [3.63, 3.8) is 0 Å². The molecule has 1 aliphatic heterocycles. The second kappa shape index (κ2) is 7.19. The van der Waals surface area contributed by atoms with Crippen LogP contribution in [0.25, 0.3) is 20.9 Å². The van der Waals surface area contributed by atoms with Crippen molar-refractivity contribution in [1.82, 2.24) is 19.8 Å². The van der Waals surface area contributed by atoms with E-state index in [1.54, 1.807) is 11.3 Å². The first kappa shape index (κ1) is 18.3. The van der Waals surface area contributed by atoms with E-state index in [1.165, 1.54) is 5.56 Å². The fourth-order valence-corrected chi connectivity index (χ4v) is 4.53. The highest BCUT2D eigenvalue weighted by molar-refractivity contribution is 7.21. The zero-order valence-corrected chi connectivity index (χ0v) is 17.1. The molecule has 1 aromatic carbocycles. The van der Waals surface area contributed by atoms with Crippen LogP contribution < -0.4 is 5.73 Å². The van der Waals surface area contributed by atoms with Crippen LogP contribution in [-0.4, -0.2) is 51.5 Å². The first-order valence-corrected chi connectivity index (χ1v) is 10.3. The van der Waals surface area contributed by atoms with Crippen LogP contribution >= 0.6 is 11.3 Å². The highest BCUT2D eigenvalue weighted by Crippen LogP contribution is 2.32. The number of benzene rings is 1. The van der Waals surface area contributed by atoms with E-state index in [-0.39, 0.29) is 5.54 Å². The molecular formula is C21H27N5S. The summed E-state index contributed by atoms with van der Waals surface area (Å²) in [4.78, 5) is 15.5. The van der Waals surface area contributed by atoms with Gasteiger partial charge in [-0.1, -0.05) is 23.5 Å². The molecule has 3 aromatic rings. The van der Waals surface area contributed by atoms with Crippen molar-refractivity contribution in [2.45, 2.75) is 32.9 Å². The molecule has 0 radical (unpaired) electrons. The highest BCUT2D eigenvalue weighted by atomic mass is 32.1. The molecule has 27 heavy (non-hydrogen) atoms. The third kappa shape index (κ3) is 3.98. The van der Waals surface area contributed by atoms with Crippen molar-refractivity contribution in [3.05, 3.63) is 42.1 Å². The number of nitrogens with two attached hydrogens (primary N) is 1. The predicted octanol–water partition coefficient (Wildman–Crippen LogP) is 3.86. The third-order valence-corrected chi connectivity index (χ3v) is 6.24. The number of hydrogen-bond donors (Lipinski definition) is 1. The Morgan fingerprint density at radius 1 is 1.11 bits per heavy atom. The number of pyridine rings is 1. The molecule has 2 aromatic heterocycles. The number of fused-ring (bicyclic) bond motifs is 1. The van der Waals surface area contributed by atoms with E-state index in [2.05, 4.69) is 41.6 Å². The minimum atomic E-state index is 0.253. The summed E-state index contributed by atoms with van der Waals surface area (Å²) in [5.41, 5.74) is 10.3. The van der Waals surface area contributed by atoms with Gasteiger partial charge in [0.15, 0.2) is 0 Å². The van der Waals surface area contributed by atoms with Crippen molar-refractivity contribution in [2.24, 2.45) is 0 Å². The van der Waals surface area contributed by atoms with E-state index >= 15 is 0 Å². The molecule has 4 rings (SSSR count). The van der Waals surface area contributed by atoms with Gasteiger partial charge < -0.3 is 5.73 Å². The Labute approximate surface area is 164 Å². The van der Waals surface area contributed by atoms with E-state index < -0.39 is 0 Å². The number of piperazine rings is 1. The van der Waals surface area contributed by atoms with Crippen molar-refractivity contribution < 1.29 is 0 Å². The van der Waals surface area contributed by atoms with E-state index in [1.807, 2.05) is 30.5 Å². The van der Waals surface area contributed by atoms with Crippen LogP contribution in [0.5, 0.6) is 0 Å². The quantitative estimate of drug-likeness (QED) is 0.698. The SMILES string of the molecule is CC(C)(C)N1CCN(Cc2cnc3sc(-c4ccccc4N)nc3c2)CC1. The summed E-state index contributed by atoms with van der Waals surface area (Å²) in [7, 11) is 0. The summed E-state index contributed by atoms with van der Waals surface area (Å²) in [5, 5.41) is 0.937. The van der Waals surface area contributed by atoms with Gasteiger partial charge in [-0.25, -0.2) is 9.97 Å². The maximum absolute atomic E-state index is 6.11. The Bertz CT molecular complexity index is 935. The molecule has 2 N–H and O–H groups in total. The van der Waals surface area contributed by atoms with Gasteiger partial charge in [-0.05, 0) is 44.5 Å². The zero-order chi connectivity index (χ0) is 19.0. The first-order chi connectivity index (χ1) is 12.9. The normalized spacial score (nSPS) is 16.9. The number of nitrogen functional groups attached to an aromatic ring is 1. The second-order valence-electron chi connectivity index (χ2n) is 8.21. The molecule has 6 heteroatoms. The van der Waals surface area contributed by atoms with E-state index in [9.17, 15) is 0 Å². The molecule has 0 atom stereocenters. The minimum Gasteiger partial charge on any atom is -0.398 e. The summed E-state index contributed by atoms with van der Waals surface area (Å²) in [6, 6.07) is 10.0. The maximum atomic E-state index is 6.11. The number of hydrogen-bond acceptors (Lipinski definition) is 6. The predicted molar refractivity (Wildman–Crippen MR) is 114 cm³/mol. The molecular weight excluding hydrogens is 354 g/mol. The van der Waals surface area contributed by atoms with Gasteiger partial charge in [-0.3, -0.25) is 9.80 Å². The van der Waals surface area contributed by atoms with Crippen LogP contribution in [0.2, 0.25) is 0 Å². The van der Waals surface area contributed by atoms with E-state index in [0.717, 1.165) is 59.3 Å². The molecule has 5 nitrogen and oxygen atoms in total. The number of rotatable bonds is 3. The largest absolute Gasteiger partial charge is 0.398 e. The topological polar surface area (TPSA) is 58.3 Å². The number of aromatic nitrogens is 2. The molecule has 0 aliphatic carbocycles. The van der Waals surface area contributed by atoms with Gasteiger partial charge in [0.05, 0.1) is 0 Å². The van der Waals surface area contributed by atoms with Gasteiger partial charge in [-0.15, -0.1) is 0 Å². The van der Waals surface area contributed by atoms with Crippen molar-refractivity contribution in [3.8, 4) is 10.6 Å². The lowest BCUT2D eigenvalue weighted by atomic mass is 10.0. The van der Waals surface area contributed by atoms with Crippen LogP contribution in [0, 0.1) is 0 Å². The molecule has 3 heterocycles. The summed E-state index contributed by atoms with van der Waals surface area (Å²) < 4.78 is 0. The van der Waals surface area contributed by atoms with Gasteiger partial charge in [-0.2, -0.15) is 0 Å². The van der Waals surface area contributed by atoms with Crippen LogP contribution in [0.4, 0.5) is 5.69 Å². The zero-order valence-electron chi connectivity index (χ0n) is 16.3. The Morgan fingerprint density at radius 2 is 1.85 bits per heavy atom. The lowest BCUT2D eigenvalue weighted by Crippen LogP contribution is -2.53. The molecule has 0 spiro atoms. The van der Waals surface area contributed by atoms with Crippen molar-refractivity contribution in [2.75, 3.05) is 31.9 Å². The molecule has 0 saturated carbocycles. The van der Waals surface area contributed by atoms with Crippen LogP contribution in [0.1, 0.15) is 26.3 Å². The summed E-state index contributed by atoms with van der Waals surface area (Å²) in [6.45, 7) is 12.2. The van der Waals surface area contributed by atoms with Gasteiger partial charge in [0.25, 0.3) is 0 Å². The summed E-state index contributed by atoms with van der Waals surface area (Å²) in [6.07, 6.45) is 1.99. The van der Waals surface area contributed by atoms with Gasteiger partial charge in [0, 0.05) is 55.7 Å². The second-order valence-corrected chi connectivity index (χ2v) is 9.19. The monoisotopic (exact) mass is 381 g/mol. The van der Waals surface area contributed by atoms with E-state index in [4.69, 9.17) is 10.7 Å². The van der Waals surface area contributed by atoms with Gasteiger partial charge in [0.1, 0.15) is 15.4 Å². The van der Waals surface area contributed by atoms with Crippen LogP contribution in [0.3, 0.4) is 0 Å². The molecule has 1 fully saturated rings. The summed E-state index contributed by atoms with van der Waals surface area (Å²) >= 11 is 1.60. The third-order valence-electron chi connectivity index (χ3n) is 5.22. The maximum Gasteiger partial charge on any atom is 0.143 e. The lowest BCUT2D eigenvalue weighted by molar-refractivity contribution is 0.0591. The first-order valence-electron chi connectivity index (χ1n) is 9.48. The molecule has 1 saturated heterocycles. The lowest BCUT2D eigenvalue weighted by Gasteiger charge is -2.42. The number of nitrogens with zero attached hydrogens (tertiary/aromatic N) is 4. The number of anilines is 1. The average Bonchev–Trinajstić information content (AvgIpc) is 3.05. The van der Waals surface area contributed by atoms with Crippen LogP contribution in [-0.2, 0) is 6.54 Å². The van der Waals surface area contributed by atoms with Crippen LogP contribution in [0.15, 0.2) is 36.5 Å². The Balaban J connectivity index is 1.49. The minimum absolute atomic E-state index is 0.253. The standard InChI is InChI=1S/C21H27N5S/c1-21(2,3)26-10-8-25(9-11-26)14-15-12-18-20(23-13-15)27-19(24-18)16-6-4-5-7-17(16)22/h4-7,12-13H,8-11,14,22H2,1-3H3. The van der Waals surface area contributed by atoms with Gasteiger partial charge >= 0.3 is 0 Å². The fraction of sp³-hybridized carbons (Fsp3) is 0.429. The smallest absolute Gasteiger partial charge is 0.143 e. The van der Waals surface area contributed by atoms with Crippen molar-refractivity contribution >= 4 is 27.4 Å². The van der Waals surface area contributed by atoms with E-state index in [0.29, 0.717) is 0 Å². The molecule has 1 aliphatic rings. The number of para-hydroxylation sites is 1. The highest BCUT2D eigenvalue weighted by Gasteiger charge is 2.25. The molecule has 0 unspecified atom stereocenters. The number of thiazole rings is 1. The Morgan fingerprint density at radius 3 is 2.56 bits per heavy atom. The average molecular weight is 382 g/mol. The molecule has 0 amide bonds. The Hall–Kier alpha value is -2.02. The van der Waals surface area contributed by atoms with Crippen molar-refractivity contribution in [1.29, 1.82) is 0 Å². The molecule has 142 valence electrons. The van der Waals surface area contributed by atoms with Gasteiger partial charge in [0.2, 0.25) is 0 Å². The Kier molecular flexibility index (Phi) is 4.88. The fourth-order valence-electron chi connectivity index (χ4n) is 3.59.